The summed E-state index contributed by atoms with van der Waals surface area (Å²) in [5.74, 6) is 1.77. The molecular formula is C18H19Cl2NO4S. The average Bonchev–Trinajstić information content (AvgIpc) is 2.65. The van der Waals surface area contributed by atoms with Gasteiger partial charge in [-0.05, 0) is 18.2 Å². The van der Waals surface area contributed by atoms with Crippen LogP contribution in [0.15, 0.2) is 35.2 Å². The minimum atomic E-state index is -0.150. The standard InChI is InChI=1S/C18H19Cl2NO4S/c1-23-14-8-16(25-3)15(24-2)7-11(14)9-21-17(22)10-26-18-12(19)5-4-6-13(18)20/h4-8H,9-10H2,1-3H3,(H,21,22). The Morgan fingerprint density at radius 3 is 2.15 bits per heavy atom. The molecule has 5 nitrogen and oxygen atoms in total. The van der Waals surface area contributed by atoms with Gasteiger partial charge in [0.05, 0.1) is 37.1 Å². The monoisotopic (exact) mass is 415 g/mol. The Kier molecular flexibility index (Phi) is 7.75. The van der Waals surface area contributed by atoms with Crippen molar-refractivity contribution in [3.8, 4) is 17.2 Å². The third kappa shape index (κ3) is 5.13. The third-order valence-electron chi connectivity index (χ3n) is 3.53. The SMILES string of the molecule is COc1cc(OC)c(OC)cc1CNC(=O)CSc1c(Cl)cccc1Cl. The molecular weight excluding hydrogens is 397 g/mol. The number of carbonyl (C=O) groups excluding carboxylic acids is 1. The summed E-state index contributed by atoms with van der Waals surface area (Å²) in [4.78, 5) is 12.9. The third-order valence-corrected chi connectivity index (χ3v) is 5.52. The number of carbonyl (C=O) groups is 1. The lowest BCUT2D eigenvalue weighted by atomic mass is 10.1. The van der Waals surface area contributed by atoms with Gasteiger partial charge in [-0.2, -0.15) is 0 Å². The maximum absolute atomic E-state index is 12.2. The molecule has 0 aliphatic carbocycles. The number of nitrogens with one attached hydrogen (secondary N) is 1. The van der Waals surface area contributed by atoms with E-state index in [1.54, 1.807) is 51.7 Å². The number of halogens is 2. The van der Waals surface area contributed by atoms with Crippen LogP contribution in [0.1, 0.15) is 5.56 Å². The fourth-order valence-electron chi connectivity index (χ4n) is 2.23. The highest BCUT2D eigenvalue weighted by molar-refractivity contribution is 8.00. The van der Waals surface area contributed by atoms with Crippen LogP contribution in [0.5, 0.6) is 17.2 Å². The van der Waals surface area contributed by atoms with Gasteiger partial charge in [0, 0.05) is 23.1 Å². The molecule has 1 amide bonds. The van der Waals surface area contributed by atoms with Crippen LogP contribution in [-0.4, -0.2) is 33.0 Å². The Labute approximate surface area is 166 Å². The van der Waals surface area contributed by atoms with Gasteiger partial charge >= 0.3 is 0 Å². The Hall–Kier alpha value is -1.76. The fourth-order valence-corrected chi connectivity index (χ4v) is 3.75. The molecule has 0 aromatic heterocycles. The number of rotatable bonds is 8. The molecule has 140 valence electrons. The second kappa shape index (κ2) is 9.80. The van der Waals surface area contributed by atoms with Crippen LogP contribution in [0.3, 0.4) is 0 Å². The van der Waals surface area contributed by atoms with Crippen molar-refractivity contribution in [2.45, 2.75) is 11.4 Å². The largest absolute Gasteiger partial charge is 0.496 e. The molecule has 8 heteroatoms. The lowest BCUT2D eigenvalue weighted by Gasteiger charge is -2.14. The van der Waals surface area contributed by atoms with E-state index in [0.717, 1.165) is 5.56 Å². The molecule has 0 fully saturated rings. The molecule has 0 radical (unpaired) electrons. The lowest BCUT2D eigenvalue weighted by molar-refractivity contribution is -0.118. The van der Waals surface area contributed by atoms with Gasteiger partial charge in [0.2, 0.25) is 5.91 Å². The summed E-state index contributed by atoms with van der Waals surface area (Å²) in [7, 11) is 4.66. The van der Waals surface area contributed by atoms with Crippen molar-refractivity contribution < 1.29 is 19.0 Å². The van der Waals surface area contributed by atoms with E-state index < -0.39 is 0 Å². The van der Waals surface area contributed by atoms with E-state index in [1.807, 2.05) is 0 Å². The molecule has 0 bridgehead atoms. The molecule has 0 atom stereocenters. The first-order chi connectivity index (χ1) is 12.5. The summed E-state index contributed by atoms with van der Waals surface area (Å²) in [5.41, 5.74) is 0.777. The summed E-state index contributed by atoms with van der Waals surface area (Å²) < 4.78 is 15.9. The number of benzene rings is 2. The fraction of sp³-hybridized carbons (Fsp3) is 0.278. The first-order valence-corrected chi connectivity index (χ1v) is 9.36. The van der Waals surface area contributed by atoms with E-state index in [4.69, 9.17) is 37.4 Å². The Morgan fingerprint density at radius 1 is 1.00 bits per heavy atom. The summed E-state index contributed by atoms with van der Waals surface area (Å²) in [5, 5.41) is 3.90. The maximum Gasteiger partial charge on any atom is 0.230 e. The molecule has 0 unspecified atom stereocenters. The van der Waals surface area contributed by atoms with Gasteiger partial charge < -0.3 is 19.5 Å². The van der Waals surface area contributed by atoms with Crippen LogP contribution in [-0.2, 0) is 11.3 Å². The topological polar surface area (TPSA) is 56.8 Å². The van der Waals surface area contributed by atoms with Gasteiger partial charge in [-0.3, -0.25) is 4.79 Å². The normalized spacial score (nSPS) is 10.3. The van der Waals surface area contributed by atoms with Crippen LogP contribution < -0.4 is 19.5 Å². The van der Waals surface area contributed by atoms with Gasteiger partial charge in [0.15, 0.2) is 11.5 Å². The van der Waals surface area contributed by atoms with Crippen molar-refractivity contribution in [3.05, 3.63) is 45.9 Å². The zero-order valence-corrected chi connectivity index (χ0v) is 16.9. The molecule has 2 aromatic carbocycles. The summed E-state index contributed by atoms with van der Waals surface area (Å²) in [6.45, 7) is 0.291. The van der Waals surface area contributed by atoms with Crippen molar-refractivity contribution in [3.63, 3.8) is 0 Å². The lowest BCUT2D eigenvalue weighted by Crippen LogP contribution is -2.24. The molecule has 0 aliphatic heterocycles. The number of methoxy groups -OCH3 is 3. The zero-order valence-electron chi connectivity index (χ0n) is 14.6. The highest BCUT2D eigenvalue weighted by Gasteiger charge is 2.14. The van der Waals surface area contributed by atoms with Gasteiger partial charge in [0.25, 0.3) is 0 Å². The number of hydrogen-bond acceptors (Lipinski definition) is 5. The van der Waals surface area contributed by atoms with Crippen LogP contribution in [0.2, 0.25) is 10.0 Å². The first kappa shape index (κ1) is 20.6. The molecule has 0 heterocycles. The minimum absolute atomic E-state index is 0.150. The van der Waals surface area contributed by atoms with E-state index in [1.165, 1.54) is 11.8 Å². The summed E-state index contributed by atoms with van der Waals surface area (Å²) in [6, 6.07) is 8.73. The number of thioether (sulfide) groups is 1. The Morgan fingerprint density at radius 2 is 1.58 bits per heavy atom. The van der Waals surface area contributed by atoms with E-state index in [-0.39, 0.29) is 11.7 Å². The molecule has 2 rings (SSSR count). The highest BCUT2D eigenvalue weighted by Crippen LogP contribution is 2.35. The zero-order chi connectivity index (χ0) is 19.1. The highest BCUT2D eigenvalue weighted by atomic mass is 35.5. The number of ether oxygens (including phenoxy) is 3. The van der Waals surface area contributed by atoms with Gasteiger partial charge in [-0.1, -0.05) is 29.3 Å². The minimum Gasteiger partial charge on any atom is -0.496 e. The predicted octanol–water partition coefficient (Wildman–Crippen LogP) is 4.43. The number of amides is 1. The summed E-state index contributed by atoms with van der Waals surface area (Å²) >= 11 is 13.5. The van der Waals surface area contributed by atoms with Gasteiger partial charge in [-0.15, -0.1) is 11.8 Å². The Balaban J connectivity index is 2.01. The van der Waals surface area contributed by atoms with E-state index in [0.29, 0.717) is 38.7 Å². The van der Waals surface area contributed by atoms with Crippen molar-refractivity contribution in [2.24, 2.45) is 0 Å². The van der Waals surface area contributed by atoms with E-state index >= 15 is 0 Å². The average molecular weight is 416 g/mol. The number of hydrogen-bond donors (Lipinski definition) is 1. The molecule has 0 saturated heterocycles. The molecule has 0 saturated carbocycles. The van der Waals surface area contributed by atoms with E-state index in [2.05, 4.69) is 5.32 Å². The molecule has 1 N–H and O–H groups in total. The van der Waals surface area contributed by atoms with Crippen LogP contribution >= 0.6 is 35.0 Å². The van der Waals surface area contributed by atoms with Crippen molar-refractivity contribution >= 4 is 40.9 Å². The Bertz CT molecular complexity index is 766. The molecule has 0 aliphatic rings. The molecule has 2 aromatic rings. The molecule has 26 heavy (non-hydrogen) atoms. The van der Waals surface area contributed by atoms with Crippen molar-refractivity contribution in [1.29, 1.82) is 0 Å². The quantitative estimate of drug-likeness (QED) is 0.646. The molecule has 0 spiro atoms. The van der Waals surface area contributed by atoms with Gasteiger partial charge in [0.1, 0.15) is 5.75 Å². The maximum atomic E-state index is 12.2. The van der Waals surface area contributed by atoms with E-state index in [9.17, 15) is 4.79 Å². The second-order valence-electron chi connectivity index (χ2n) is 5.14. The summed E-state index contributed by atoms with van der Waals surface area (Å²) in [6.07, 6.45) is 0. The van der Waals surface area contributed by atoms with Crippen LogP contribution in [0.4, 0.5) is 0 Å². The predicted molar refractivity (Wildman–Crippen MR) is 105 cm³/mol. The smallest absolute Gasteiger partial charge is 0.230 e. The van der Waals surface area contributed by atoms with Crippen LogP contribution in [0, 0.1) is 0 Å². The van der Waals surface area contributed by atoms with Crippen LogP contribution in [0.25, 0.3) is 0 Å². The second-order valence-corrected chi connectivity index (χ2v) is 6.94. The van der Waals surface area contributed by atoms with Crippen molar-refractivity contribution in [1.82, 2.24) is 5.32 Å². The van der Waals surface area contributed by atoms with Crippen molar-refractivity contribution in [2.75, 3.05) is 27.1 Å². The first-order valence-electron chi connectivity index (χ1n) is 7.62. The van der Waals surface area contributed by atoms with Gasteiger partial charge in [-0.25, -0.2) is 0 Å².